The highest BCUT2D eigenvalue weighted by atomic mass is 16.5. The van der Waals surface area contributed by atoms with Gasteiger partial charge in [-0.05, 0) is 18.8 Å². The molecule has 0 aromatic carbocycles. The van der Waals surface area contributed by atoms with E-state index in [2.05, 4.69) is 34.6 Å². The lowest BCUT2D eigenvalue weighted by Gasteiger charge is -2.30. The van der Waals surface area contributed by atoms with Crippen LogP contribution in [0.3, 0.4) is 0 Å². The van der Waals surface area contributed by atoms with Gasteiger partial charge in [0.15, 0.2) is 0 Å². The Bertz CT molecular complexity index is 412. The Hall–Kier alpha value is -1.40. The molecule has 1 aromatic heterocycles. The number of nitrogens with one attached hydrogen (secondary N) is 2. The molecule has 0 amide bonds. The van der Waals surface area contributed by atoms with E-state index in [0.29, 0.717) is 17.8 Å². The molecule has 6 nitrogen and oxygen atoms in total. The minimum Gasteiger partial charge on any atom is -0.381 e. The van der Waals surface area contributed by atoms with Crippen LogP contribution >= 0.6 is 0 Å². The molecule has 2 heterocycles. The first-order chi connectivity index (χ1) is 9.22. The van der Waals surface area contributed by atoms with Crippen molar-refractivity contribution in [1.82, 2.24) is 9.97 Å². The van der Waals surface area contributed by atoms with E-state index in [4.69, 9.17) is 10.6 Å². The van der Waals surface area contributed by atoms with Crippen LogP contribution in [0.2, 0.25) is 0 Å². The zero-order valence-corrected chi connectivity index (χ0v) is 11.6. The summed E-state index contributed by atoms with van der Waals surface area (Å²) >= 11 is 0. The van der Waals surface area contributed by atoms with Crippen molar-refractivity contribution < 1.29 is 4.74 Å². The molecule has 106 valence electrons. The van der Waals surface area contributed by atoms with Crippen LogP contribution in [0.25, 0.3) is 0 Å². The fourth-order valence-corrected chi connectivity index (χ4v) is 2.26. The topological polar surface area (TPSA) is 85.1 Å². The van der Waals surface area contributed by atoms with Gasteiger partial charge in [0.2, 0.25) is 0 Å². The van der Waals surface area contributed by atoms with E-state index in [1.165, 1.54) is 0 Å². The third kappa shape index (κ3) is 3.78. The molecule has 0 bridgehead atoms. The maximum atomic E-state index is 5.46. The third-order valence-corrected chi connectivity index (χ3v) is 3.37. The molecule has 0 radical (unpaired) electrons. The van der Waals surface area contributed by atoms with Gasteiger partial charge in [0.25, 0.3) is 0 Å². The number of nitrogen functional groups attached to an aromatic ring is 1. The lowest BCUT2D eigenvalue weighted by atomic mass is 9.98. The van der Waals surface area contributed by atoms with Crippen LogP contribution in [0.4, 0.5) is 11.6 Å². The number of rotatable bonds is 5. The molecule has 4 N–H and O–H groups in total. The predicted octanol–water partition coefficient (Wildman–Crippen LogP) is 1.55. The summed E-state index contributed by atoms with van der Waals surface area (Å²) in [5, 5.41) is 3.48. The van der Waals surface area contributed by atoms with Crippen LogP contribution in [-0.2, 0) is 11.2 Å². The van der Waals surface area contributed by atoms with E-state index in [-0.39, 0.29) is 0 Å². The average molecular weight is 265 g/mol. The van der Waals surface area contributed by atoms with Gasteiger partial charge in [-0.1, -0.05) is 13.8 Å². The first-order valence-electron chi connectivity index (χ1n) is 6.91. The van der Waals surface area contributed by atoms with Gasteiger partial charge in [-0.25, -0.2) is 15.8 Å². The second-order valence-corrected chi connectivity index (χ2v) is 5.04. The average Bonchev–Trinajstić information content (AvgIpc) is 2.41. The summed E-state index contributed by atoms with van der Waals surface area (Å²) in [7, 11) is 0. The zero-order chi connectivity index (χ0) is 13.7. The number of aryl methyl sites for hydroxylation is 1. The van der Waals surface area contributed by atoms with Crippen LogP contribution in [0, 0.1) is 5.92 Å². The SMILES string of the molecule is CCCc1nc(NN)cc(NC2CCOCC2C)n1. The molecule has 1 fully saturated rings. The highest BCUT2D eigenvalue weighted by Gasteiger charge is 2.22. The Morgan fingerprint density at radius 1 is 1.42 bits per heavy atom. The summed E-state index contributed by atoms with van der Waals surface area (Å²) in [5.41, 5.74) is 2.60. The number of hydrazine groups is 1. The number of ether oxygens (including phenoxy) is 1. The molecule has 0 aliphatic carbocycles. The van der Waals surface area contributed by atoms with E-state index in [0.717, 1.165) is 44.1 Å². The van der Waals surface area contributed by atoms with Crippen LogP contribution in [0.1, 0.15) is 32.5 Å². The number of hydrogen-bond donors (Lipinski definition) is 3. The van der Waals surface area contributed by atoms with Gasteiger partial charge in [-0.15, -0.1) is 0 Å². The van der Waals surface area contributed by atoms with Crippen molar-refractivity contribution >= 4 is 11.6 Å². The largest absolute Gasteiger partial charge is 0.381 e. The molecule has 2 unspecified atom stereocenters. The molecule has 19 heavy (non-hydrogen) atoms. The molecular formula is C13H23N5O. The number of nitrogens with two attached hydrogens (primary N) is 1. The van der Waals surface area contributed by atoms with Crippen LogP contribution in [0.5, 0.6) is 0 Å². The van der Waals surface area contributed by atoms with Crippen molar-refractivity contribution in [3.63, 3.8) is 0 Å². The second kappa shape index (κ2) is 6.68. The molecule has 1 aliphatic rings. The summed E-state index contributed by atoms with van der Waals surface area (Å²) in [4.78, 5) is 8.88. The molecule has 6 heteroatoms. The Morgan fingerprint density at radius 3 is 2.89 bits per heavy atom. The fourth-order valence-electron chi connectivity index (χ4n) is 2.26. The van der Waals surface area contributed by atoms with E-state index in [1.54, 1.807) is 0 Å². The van der Waals surface area contributed by atoms with Gasteiger partial charge in [0.1, 0.15) is 17.5 Å². The van der Waals surface area contributed by atoms with Gasteiger partial charge in [-0.3, -0.25) is 0 Å². The van der Waals surface area contributed by atoms with Crippen molar-refractivity contribution in [2.24, 2.45) is 11.8 Å². The molecule has 0 spiro atoms. The van der Waals surface area contributed by atoms with E-state index in [9.17, 15) is 0 Å². The maximum absolute atomic E-state index is 5.46. The van der Waals surface area contributed by atoms with Gasteiger partial charge in [0.05, 0.1) is 6.61 Å². The van der Waals surface area contributed by atoms with Crippen molar-refractivity contribution in [1.29, 1.82) is 0 Å². The van der Waals surface area contributed by atoms with E-state index < -0.39 is 0 Å². The molecule has 1 saturated heterocycles. The zero-order valence-electron chi connectivity index (χ0n) is 11.6. The highest BCUT2D eigenvalue weighted by Crippen LogP contribution is 2.20. The van der Waals surface area contributed by atoms with Gasteiger partial charge < -0.3 is 15.5 Å². The quantitative estimate of drug-likeness (QED) is 0.553. The Morgan fingerprint density at radius 2 is 2.21 bits per heavy atom. The number of anilines is 2. The molecule has 1 aliphatic heterocycles. The second-order valence-electron chi connectivity index (χ2n) is 5.04. The van der Waals surface area contributed by atoms with Crippen molar-refractivity contribution in [3.8, 4) is 0 Å². The van der Waals surface area contributed by atoms with Gasteiger partial charge >= 0.3 is 0 Å². The number of nitrogens with zero attached hydrogens (tertiary/aromatic N) is 2. The Balaban J connectivity index is 2.11. The standard InChI is InChI=1S/C13H23N5O/c1-3-4-11-16-12(7-13(17-11)18-14)15-10-5-6-19-8-9(10)2/h7,9-10H,3-6,8,14H2,1-2H3,(H2,15,16,17,18). The fraction of sp³-hybridized carbons (Fsp3) is 0.692. The van der Waals surface area contributed by atoms with Crippen LogP contribution < -0.4 is 16.6 Å². The van der Waals surface area contributed by atoms with Gasteiger partial charge in [-0.2, -0.15) is 0 Å². The minimum absolute atomic E-state index is 0.392. The minimum atomic E-state index is 0.392. The summed E-state index contributed by atoms with van der Waals surface area (Å²) in [6.45, 7) is 5.90. The molecular weight excluding hydrogens is 242 g/mol. The number of hydrogen-bond acceptors (Lipinski definition) is 6. The molecule has 2 atom stereocenters. The lowest BCUT2D eigenvalue weighted by molar-refractivity contribution is 0.0537. The molecule has 1 aromatic rings. The summed E-state index contributed by atoms with van der Waals surface area (Å²) in [6.07, 6.45) is 2.87. The Labute approximate surface area is 114 Å². The van der Waals surface area contributed by atoms with Crippen molar-refractivity contribution in [2.75, 3.05) is 24.0 Å². The highest BCUT2D eigenvalue weighted by molar-refractivity contribution is 5.47. The lowest BCUT2D eigenvalue weighted by Crippen LogP contribution is -2.36. The third-order valence-electron chi connectivity index (χ3n) is 3.37. The smallest absolute Gasteiger partial charge is 0.145 e. The maximum Gasteiger partial charge on any atom is 0.145 e. The Kier molecular flexibility index (Phi) is 4.93. The van der Waals surface area contributed by atoms with E-state index >= 15 is 0 Å². The van der Waals surface area contributed by atoms with Gasteiger partial charge in [0, 0.05) is 25.1 Å². The molecule has 0 saturated carbocycles. The van der Waals surface area contributed by atoms with Crippen molar-refractivity contribution in [3.05, 3.63) is 11.9 Å². The first-order valence-corrected chi connectivity index (χ1v) is 6.91. The number of aromatic nitrogens is 2. The first kappa shape index (κ1) is 14.0. The van der Waals surface area contributed by atoms with E-state index in [1.807, 2.05) is 6.07 Å². The summed E-state index contributed by atoms with van der Waals surface area (Å²) in [5.74, 6) is 8.25. The predicted molar refractivity (Wildman–Crippen MR) is 75.8 cm³/mol. The van der Waals surface area contributed by atoms with Crippen molar-refractivity contribution in [2.45, 2.75) is 39.2 Å². The monoisotopic (exact) mass is 265 g/mol. The normalized spacial score (nSPS) is 23.1. The summed E-state index contributed by atoms with van der Waals surface area (Å²) in [6, 6.07) is 2.24. The van der Waals surface area contributed by atoms with Crippen LogP contribution in [0.15, 0.2) is 6.07 Å². The van der Waals surface area contributed by atoms with Crippen LogP contribution in [-0.4, -0.2) is 29.2 Å². The summed E-state index contributed by atoms with van der Waals surface area (Å²) < 4.78 is 5.45. The molecule has 2 rings (SSSR count).